The molecule has 0 atom stereocenters. The quantitative estimate of drug-likeness (QED) is 0.804. The summed E-state index contributed by atoms with van der Waals surface area (Å²) in [6.07, 6.45) is -1.62. The van der Waals surface area contributed by atoms with Crippen molar-refractivity contribution in [3.63, 3.8) is 0 Å². The van der Waals surface area contributed by atoms with E-state index in [2.05, 4.69) is 4.98 Å². The zero-order chi connectivity index (χ0) is 17.6. The van der Waals surface area contributed by atoms with Crippen molar-refractivity contribution in [3.8, 4) is 17.5 Å². The van der Waals surface area contributed by atoms with Gasteiger partial charge in [-0.15, -0.1) is 11.8 Å². The van der Waals surface area contributed by atoms with Gasteiger partial charge in [-0.1, -0.05) is 0 Å². The first-order chi connectivity index (χ1) is 10.7. The van der Waals surface area contributed by atoms with Gasteiger partial charge in [0.1, 0.15) is 23.1 Å². The predicted octanol–water partition coefficient (Wildman–Crippen LogP) is 3.15. The average molecular weight is 345 g/mol. The van der Waals surface area contributed by atoms with Crippen molar-refractivity contribution in [1.82, 2.24) is 4.98 Å². The molecule has 0 aliphatic heterocycles. The topological polar surface area (TPSA) is 113 Å². The van der Waals surface area contributed by atoms with E-state index in [9.17, 15) is 13.2 Å². The van der Waals surface area contributed by atoms with E-state index in [0.717, 1.165) is 4.90 Å². The number of furan rings is 1. The molecule has 0 spiro atoms. The highest BCUT2D eigenvalue weighted by molar-refractivity contribution is 7.98. The number of hydrogen-bond acceptors (Lipinski definition) is 6. The summed E-state index contributed by atoms with van der Waals surface area (Å²) in [4.78, 5) is 13.8. The van der Waals surface area contributed by atoms with Gasteiger partial charge in [0, 0.05) is 4.90 Å². The maximum atomic E-state index is 10.6. The van der Waals surface area contributed by atoms with Crippen molar-refractivity contribution in [2.75, 3.05) is 12.0 Å². The minimum atomic E-state index is -5.08. The van der Waals surface area contributed by atoms with E-state index < -0.39 is 12.1 Å². The molecule has 0 saturated heterocycles. The second-order valence-electron chi connectivity index (χ2n) is 3.86. The Morgan fingerprint density at radius 1 is 1.52 bits per heavy atom. The molecule has 2 rings (SSSR count). The molecule has 10 heteroatoms. The Morgan fingerprint density at radius 3 is 2.52 bits per heavy atom. The summed E-state index contributed by atoms with van der Waals surface area (Å²) in [5, 5.41) is 16.1. The largest absolute Gasteiger partial charge is 0.490 e. The van der Waals surface area contributed by atoms with Gasteiger partial charge in [-0.25, -0.2) is 9.78 Å². The average Bonchev–Trinajstić information content (AvgIpc) is 3.00. The molecule has 0 aliphatic carbocycles. The van der Waals surface area contributed by atoms with E-state index in [4.69, 9.17) is 25.3 Å². The lowest BCUT2D eigenvalue weighted by Crippen LogP contribution is -2.21. The van der Waals surface area contributed by atoms with Crippen LogP contribution in [0.3, 0.4) is 0 Å². The molecule has 2 aromatic heterocycles. The van der Waals surface area contributed by atoms with Crippen LogP contribution in [0.5, 0.6) is 0 Å². The van der Waals surface area contributed by atoms with E-state index in [0.29, 0.717) is 17.0 Å². The molecule has 0 aliphatic rings. The number of carboxylic acids is 1. The molecule has 2 aromatic rings. The molecule has 0 unspecified atom stereocenters. The highest BCUT2D eigenvalue weighted by Gasteiger charge is 2.38. The molecule has 0 fully saturated rings. The number of aromatic nitrogens is 1. The lowest BCUT2D eigenvalue weighted by Gasteiger charge is -2.05. The molecular formula is C13H10F3N3O3S. The van der Waals surface area contributed by atoms with Crippen molar-refractivity contribution in [3.05, 3.63) is 30.0 Å². The van der Waals surface area contributed by atoms with Crippen molar-refractivity contribution in [2.45, 2.75) is 11.1 Å². The number of alkyl halides is 3. The first-order valence-corrected chi connectivity index (χ1v) is 7.01. The van der Waals surface area contributed by atoms with Crippen molar-refractivity contribution in [1.29, 1.82) is 5.26 Å². The molecule has 122 valence electrons. The number of pyridine rings is 1. The first-order valence-electron chi connectivity index (χ1n) is 5.79. The SMILES string of the molecule is CSc1cc(-c2ccco2)nc(N)c1C#N.O=C(O)C(F)(F)F. The van der Waals surface area contributed by atoms with E-state index in [1.165, 1.54) is 11.8 Å². The number of carboxylic acid groups (broad SMARTS) is 1. The third-order valence-corrected chi connectivity index (χ3v) is 3.12. The summed E-state index contributed by atoms with van der Waals surface area (Å²) < 4.78 is 37.0. The van der Waals surface area contributed by atoms with Gasteiger partial charge in [-0.2, -0.15) is 18.4 Å². The van der Waals surface area contributed by atoms with E-state index in [-0.39, 0.29) is 5.82 Å². The molecule has 6 nitrogen and oxygen atoms in total. The number of nitrogens with zero attached hydrogens (tertiary/aromatic N) is 2. The number of hydrogen-bond donors (Lipinski definition) is 2. The first kappa shape index (κ1) is 18.4. The standard InChI is InChI=1S/C11H9N3OS.C2HF3O2/c1-16-10-5-8(9-3-2-4-15-9)14-11(13)7(10)6-12;3-2(4,5)1(6)7/h2-5H,1H3,(H2,13,14);(H,6,7). The number of rotatable bonds is 2. The van der Waals surface area contributed by atoms with Gasteiger partial charge in [0.2, 0.25) is 0 Å². The van der Waals surface area contributed by atoms with Crippen molar-refractivity contribution < 1.29 is 27.5 Å². The second kappa shape index (κ2) is 7.55. The number of aliphatic carboxylic acids is 1. The summed E-state index contributed by atoms with van der Waals surface area (Å²) in [7, 11) is 0. The van der Waals surface area contributed by atoms with Gasteiger partial charge in [0.25, 0.3) is 0 Å². The number of anilines is 1. The summed E-state index contributed by atoms with van der Waals surface area (Å²) >= 11 is 1.46. The van der Waals surface area contributed by atoms with E-state index >= 15 is 0 Å². The Bertz CT molecular complexity index is 725. The fourth-order valence-corrected chi connectivity index (χ4v) is 1.95. The van der Waals surface area contributed by atoms with Gasteiger partial charge >= 0.3 is 12.1 Å². The molecule has 0 bridgehead atoms. The number of nitrogens with two attached hydrogens (primary N) is 1. The molecular weight excluding hydrogens is 335 g/mol. The second-order valence-corrected chi connectivity index (χ2v) is 4.71. The Labute approximate surface area is 132 Å². The Morgan fingerprint density at radius 2 is 2.13 bits per heavy atom. The number of nitriles is 1. The minimum absolute atomic E-state index is 0.237. The van der Waals surface area contributed by atoms with Crippen LogP contribution in [0, 0.1) is 11.3 Å². The van der Waals surface area contributed by atoms with Crippen LogP contribution in [-0.2, 0) is 4.79 Å². The highest BCUT2D eigenvalue weighted by atomic mass is 32.2. The number of nitrogen functional groups attached to an aromatic ring is 1. The Balaban J connectivity index is 0.000000322. The summed E-state index contributed by atoms with van der Waals surface area (Å²) in [5.74, 6) is -1.88. The Hall–Kier alpha value is -2.67. The lowest BCUT2D eigenvalue weighted by atomic mass is 10.2. The fraction of sp³-hybridized carbons (Fsp3) is 0.154. The highest BCUT2D eigenvalue weighted by Crippen LogP contribution is 2.29. The number of halogens is 3. The summed E-state index contributed by atoms with van der Waals surface area (Å²) in [5.41, 5.74) is 6.79. The molecule has 23 heavy (non-hydrogen) atoms. The molecule has 3 N–H and O–H groups in total. The molecule has 0 saturated carbocycles. The minimum Gasteiger partial charge on any atom is -0.475 e. The Kier molecular flexibility index (Phi) is 6.03. The van der Waals surface area contributed by atoms with Gasteiger partial charge in [0.05, 0.1) is 6.26 Å². The van der Waals surface area contributed by atoms with E-state index in [1.54, 1.807) is 24.5 Å². The third kappa shape index (κ3) is 4.93. The monoisotopic (exact) mass is 345 g/mol. The van der Waals surface area contributed by atoms with Crippen LogP contribution in [0.1, 0.15) is 5.56 Å². The van der Waals surface area contributed by atoms with Gasteiger partial charge in [0.15, 0.2) is 5.76 Å². The van der Waals surface area contributed by atoms with Crippen LogP contribution < -0.4 is 5.73 Å². The summed E-state index contributed by atoms with van der Waals surface area (Å²) in [6, 6.07) is 7.44. The number of thioether (sulfide) groups is 1. The predicted molar refractivity (Wildman–Crippen MR) is 76.5 cm³/mol. The van der Waals surface area contributed by atoms with Crippen LogP contribution >= 0.6 is 11.8 Å². The van der Waals surface area contributed by atoms with Crippen LogP contribution in [0.15, 0.2) is 33.8 Å². The maximum Gasteiger partial charge on any atom is 0.490 e. The van der Waals surface area contributed by atoms with Gasteiger partial charge in [-0.05, 0) is 24.5 Å². The van der Waals surface area contributed by atoms with Crippen molar-refractivity contribution >= 4 is 23.5 Å². The molecule has 0 aromatic carbocycles. The lowest BCUT2D eigenvalue weighted by molar-refractivity contribution is -0.192. The summed E-state index contributed by atoms with van der Waals surface area (Å²) in [6.45, 7) is 0. The smallest absolute Gasteiger partial charge is 0.475 e. The van der Waals surface area contributed by atoms with Crippen LogP contribution in [0.2, 0.25) is 0 Å². The molecule has 0 radical (unpaired) electrons. The van der Waals surface area contributed by atoms with E-state index in [1.807, 2.05) is 12.3 Å². The maximum absolute atomic E-state index is 10.6. The number of carbonyl (C=O) groups is 1. The fourth-order valence-electron chi connectivity index (χ4n) is 1.36. The van der Waals surface area contributed by atoms with Gasteiger partial charge in [-0.3, -0.25) is 0 Å². The van der Waals surface area contributed by atoms with Crippen LogP contribution in [0.25, 0.3) is 11.5 Å². The third-order valence-electron chi connectivity index (χ3n) is 2.36. The zero-order valence-electron chi connectivity index (χ0n) is 11.6. The molecule has 0 amide bonds. The van der Waals surface area contributed by atoms with Crippen molar-refractivity contribution in [2.24, 2.45) is 0 Å². The molecule has 2 heterocycles. The van der Waals surface area contributed by atoms with Gasteiger partial charge < -0.3 is 15.3 Å². The normalized spacial score (nSPS) is 10.4. The van der Waals surface area contributed by atoms with Crippen LogP contribution in [0.4, 0.5) is 19.0 Å². The van der Waals surface area contributed by atoms with Crippen LogP contribution in [-0.4, -0.2) is 28.5 Å². The zero-order valence-corrected chi connectivity index (χ0v) is 12.4.